The van der Waals surface area contributed by atoms with Gasteiger partial charge in [-0.05, 0) is 48.9 Å². The van der Waals surface area contributed by atoms with Crippen molar-refractivity contribution in [2.45, 2.75) is 30.9 Å². The Labute approximate surface area is 188 Å². The predicted molar refractivity (Wildman–Crippen MR) is 117 cm³/mol. The van der Waals surface area contributed by atoms with Gasteiger partial charge in [-0.1, -0.05) is 6.07 Å². The number of ether oxygens (including phenoxy) is 1. The van der Waals surface area contributed by atoms with E-state index in [1.807, 2.05) is 6.92 Å². The molecule has 5 rings (SSSR count). The molecule has 168 valence electrons. The number of nitrogens with zero attached hydrogens (tertiary/aromatic N) is 4. The second kappa shape index (κ2) is 7.33. The number of carbonyl (C=O) groups excluding carboxylic acids is 1. The number of carbonyl (C=O) groups is 1. The first kappa shape index (κ1) is 21.0. The molecule has 3 aromatic rings. The fourth-order valence-corrected chi connectivity index (χ4v) is 4.63. The van der Waals surface area contributed by atoms with Crippen LogP contribution in [-0.2, 0) is 16.8 Å². The molecule has 9 heteroatoms. The van der Waals surface area contributed by atoms with Gasteiger partial charge in [0, 0.05) is 42.9 Å². The van der Waals surface area contributed by atoms with Gasteiger partial charge >= 0.3 is 0 Å². The lowest BCUT2D eigenvalue weighted by Gasteiger charge is -2.43. The van der Waals surface area contributed by atoms with E-state index in [4.69, 9.17) is 10.5 Å². The molecule has 2 aromatic heterocycles. The van der Waals surface area contributed by atoms with E-state index in [2.05, 4.69) is 15.0 Å². The summed E-state index contributed by atoms with van der Waals surface area (Å²) in [6.07, 6.45) is 3.01. The van der Waals surface area contributed by atoms with Gasteiger partial charge in [-0.3, -0.25) is 14.7 Å². The highest BCUT2D eigenvalue weighted by molar-refractivity contribution is 6.07. The average Bonchev–Trinajstić information content (AvgIpc) is 2.99. The van der Waals surface area contributed by atoms with Crippen LogP contribution in [0.15, 0.2) is 59.9 Å². The zero-order chi connectivity index (χ0) is 23.4. The summed E-state index contributed by atoms with van der Waals surface area (Å²) in [6.45, 7) is 1.86. The maximum atomic E-state index is 14.4. The zero-order valence-electron chi connectivity index (χ0n) is 18.0. The molecule has 0 saturated heterocycles. The smallest absolute Gasteiger partial charge is 0.261 e. The number of nitrogens with two attached hydrogens (primary N) is 1. The van der Waals surface area contributed by atoms with Crippen LogP contribution in [0.5, 0.6) is 5.75 Å². The quantitative estimate of drug-likeness (QED) is 0.620. The van der Waals surface area contributed by atoms with Crippen LogP contribution < -0.4 is 10.5 Å². The molecule has 7 nitrogen and oxygen atoms in total. The molecular weight excluding hydrogens is 428 g/mol. The number of hydrogen-bond donors (Lipinski definition) is 1. The number of halogens is 2. The summed E-state index contributed by atoms with van der Waals surface area (Å²) in [5.74, 6) is -0.817. The third-order valence-corrected chi connectivity index (χ3v) is 6.13. The monoisotopic (exact) mass is 449 g/mol. The highest BCUT2D eigenvalue weighted by Gasteiger charge is 2.56. The van der Waals surface area contributed by atoms with Crippen LogP contribution in [0.2, 0.25) is 0 Å². The van der Waals surface area contributed by atoms with Crippen LogP contribution in [0.25, 0.3) is 11.1 Å². The Bertz CT molecular complexity index is 1300. The maximum absolute atomic E-state index is 14.4. The van der Waals surface area contributed by atoms with Crippen LogP contribution in [0.1, 0.15) is 24.6 Å². The Morgan fingerprint density at radius 1 is 1.18 bits per heavy atom. The number of pyridine rings is 2. The van der Waals surface area contributed by atoms with E-state index < -0.39 is 22.9 Å². The molecule has 1 amide bonds. The van der Waals surface area contributed by atoms with Crippen molar-refractivity contribution in [1.29, 1.82) is 0 Å². The van der Waals surface area contributed by atoms with Gasteiger partial charge < -0.3 is 10.5 Å². The molecular formula is C24H21F2N5O2. The minimum Gasteiger partial charge on any atom is -0.487 e. The molecule has 2 unspecified atom stereocenters. The number of fused-ring (bicyclic) bond motifs is 2. The molecule has 2 aliphatic heterocycles. The lowest BCUT2D eigenvalue weighted by molar-refractivity contribution is -0.133. The van der Waals surface area contributed by atoms with Gasteiger partial charge in [-0.25, -0.2) is 14.4 Å². The van der Waals surface area contributed by atoms with Crippen LogP contribution in [-0.4, -0.2) is 39.4 Å². The Morgan fingerprint density at radius 3 is 2.67 bits per heavy atom. The van der Waals surface area contributed by atoms with Gasteiger partial charge in [0.15, 0.2) is 11.5 Å². The van der Waals surface area contributed by atoms with Crippen molar-refractivity contribution in [3.8, 4) is 16.9 Å². The van der Waals surface area contributed by atoms with E-state index in [1.165, 1.54) is 17.2 Å². The molecule has 0 fully saturated rings. The topological polar surface area (TPSA) is 93.7 Å². The molecule has 2 N–H and O–H groups in total. The Kier molecular flexibility index (Phi) is 4.66. The number of amides is 1. The SMILES string of the molecule is CN1C(=O)C2(CC(C)(Cc3ccc(F)cn3)Oc3ccc(-c4cccnc4F)cc32)N=C1N. The third-order valence-electron chi connectivity index (χ3n) is 6.13. The van der Waals surface area contributed by atoms with Crippen molar-refractivity contribution in [3.63, 3.8) is 0 Å². The molecule has 0 saturated carbocycles. The second-order valence-corrected chi connectivity index (χ2v) is 8.62. The average molecular weight is 449 g/mol. The Hall–Kier alpha value is -3.88. The first-order chi connectivity index (χ1) is 15.7. The van der Waals surface area contributed by atoms with Crippen molar-refractivity contribution in [1.82, 2.24) is 14.9 Å². The maximum Gasteiger partial charge on any atom is 0.261 e. The first-order valence-corrected chi connectivity index (χ1v) is 10.4. The predicted octanol–water partition coefficient (Wildman–Crippen LogP) is 3.19. The molecule has 2 aliphatic rings. The lowest BCUT2D eigenvalue weighted by Crippen LogP contribution is -2.51. The van der Waals surface area contributed by atoms with Gasteiger partial charge in [0.05, 0.1) is 6.20 Å². The minimum absolute atomic E-state index is 0.0908. The summed E-state index contributed by atoms with van der Waals surface area (Å²) in [5, 5.41) is 0. The standard InChI is InChI=1S/C24H21F2N5O2/c1-23(11-16-7-6-15(25)12-29-16)13-24(21(32)31(2)22(27)30-24)18-10-14(5-8-19(18)33-23)17-4-3-9-28-20(17)26/h3-10,12H,11,13H2,1-2H3,(H2,27,30). The second-order valence-electron chi connectivity index (χ2n) is 8.62. The van der Waals surface area contributed by atoms with Crippen molar-refractivity contribution in [3.05, 3.63) is 77.9 Å². The van der Waals surface area contributed by atoms with Gasteiger partial charge in [-0.15, -0.1) is 0 Å². The van der Waals surface area contributed by atoms with Crippen molar-refractivity contribution < 1.29 is 18.3 Å². The lowest BCUT2D eigenvalue weighted by atomic mass is 9.74. The minimum atomic E-state index is -1.34. The summed E-state index contributed by atoms with van der Waals surface area (Å²) >= 11 is 0. The number of guanidine groups is 1. The van der Waals surface area contributed by atoms with Crippen LogP contribution >= 0.6 is 0 Å². The van der Waals surface area contributed by atoms with E-state index in [0.717, 1.165) is 6.20 Å². The molecule has 0 radical (unpaired) electrons. The van der Waals surface area contributed by atoms with E-state index in [0.29, 0.717) is 34.6 Å². The molecule has 4 heterocycles. The van der Waals surface area contributed by atoms with Crippen molar-refractivity contribution in [2.24, 2.45) is 10.7 Å². The first-order valence-electron chi connectivity index (χ1n) is 10.4. The van der Waals surface area contributed by atoms with Gasteiger partial charge in [0.2, 0.25) is 5.95 Å². The van der Waals surface area contributed by atoms with Gasteiger partial charge in [0.25, 0.3) is 5.91 Å². The molecule has 33 heavy (non-hydrogen) atoms. The van der Waals surface area contributed by atoms with Crippen LogP contribution in [0.4, 0.5) is 8.78 Å². The van der Waals surface area contributed by atoms with Gasteiger partial charge in [0.1, 0.15) is 17.2 Å². The molecule has 0 aliphatic carbocycles. The summed E-state index contributed by atoms with van der Waals surface area (Å²) in [4.78, 5) is 27.2. The molecule has 0 bridgehead atoms. The summed E-state index contributed by atoms with van der Waals surface area (Å²) in [7, 11) is 1.56. The number of likely N-dealkylation sites (N-methyl/N-ethyl adjacent to an activating group) is 1. The third kappa shape index (κ3) is 3.40. The van der Waals surface area contributed by atoms with Crippen molar-refractivity contribution >= 4 is 11.9 Å². The Balaban J connectivity index is 1.64. The zero-order valence-corrected chi connectivity index (χ0v) is 18.0. The number of benzene rings is 1. The number of aromatic nitrogens is 2. The van der Waals surface area contributed by atoms with E-state index in [-0.39, 0.29) is 18.3 Å². The fourth-order valence-electron chi connectivity index (χ4n) is 4.63. The van der Waals surface area contributed by atoms with Crippen LogP contribution in [0, 0.1) is 11.8 Å². The Morgan fingerprint density at radius 2 is 2.00 bits per heavy atom. The van der Waals surface area contributed by atoms with E-state index >= 15 is 0 Å². The fraction of sp³-hybridized carbons (Fsp3) is 0.250. The van der Waals surface area contributed by atoms with E-state index in [1.54, 1.807) is 43.4 Å². The van der Waals surface area contributed by atoms with Gasteiger partial charge in [-0.2, -0.15) is 4.39 Å². The van der Waals surface area contributed by atoms with Crippen molar-refractivity contribution in [2.75, 3.05) is 7.05 Å². The highest BCUT2D eigenvalue weighted by atomic mass is 19.1. The summed E-state index contributed by atoms with van der Waals surface area (Å²) < 4.78 is 34.1. The normalized spacial score (nSPS) is 23.9. The number of hydrogen-bond acceptors (Lipinski definition) is 6. The van der Waals surface area contributed by atoms with E-state index in [9.17, 15) is 13.6 Å². The number of aliphatic imine (C=N–C) groups is 1. The number of rotatable bonds is 3. The molecule has 1 spiro atoms. The van der Waals surface area contributed by atoms with Crippen LogP contribution in [0.3, 0.4) is 0 Å². The largest absolute Gasteiger partial charge is 0.487 e. The summed E-state index contributed by atoms with van der Waals surface area (Å²) in [5.41, 5.74) is 5.79. The summed E-state index contributed by atoms with van der Waals surface area (Å²) in [6, 6.07) is 11.3. The molecule has 1 aromatic carbocycles. The highest BCUT2D eigenvalue weighted by Crippen LogP contribution is 2.50. The molecule has 2 atom stereocenters.